The molecule has 4 heteroatoms. The fraction of sp³-hybridized carbons (Fsp3) is 0.579. The summed E-state index contributed by atoms with van der Waals surface area (Å²) in [6.45, 7) is 10.2. The highest BCUT2D eigenvalue weighted by Gasteiger charge is 2.31. The Labute approximate surface area is 139 Å². The first-order valence-corrected chi connectivity index (χ1v) is 7.99. The third-order valence-electron chi connectivity index (χ3n) is 4.09. The molecule has 0 aliphatic rings. The molecule has 0 bridgehead atoms. The van der Waals surface area contributed by atoms with Crippen molar-refractivity contribution in [3.8, 4) is 23.0 Å². The van der Waals surface area contributed by atoms with Crippen LogP contribution in [0.15, 0.2) is 12.2 Å². The summed E-state index contributed by atoms with van der Waals surface area (Å²) in [6.07, 6.45) is 6.08. The number of ether oxygens (including phenoxy) is 2. The minimum atomic E-state index is -0.349. The van der Waals surface area contributed by atoms with E-state index in [1.165, 1.54) is 14.2 Å². The number of phenols is 2. The molecule has 1 rings (SSSR count). The van der Waals surface area contributed by atoms with Crippen LogP contribution in [0.3, 0.4) is 0 Å². The van der Waals surface area contributed by atoms with E-state index >= 15 is 0 Å². The summed E-state index contributed by atoms with van der Waals surface area (Å²) in [6, 6.07) is 0. The number of phenolic OH excluding ortho intramolecular Hbond substituents is 2. The largest absolute Gasteiger partial charge is 0.504 e. The highest BCUT2D eigenvalue weighted by atomic mass is 16.5. The molecule has 0 amide bonds. The van der Waals surface area contributed by atoms with Gasteiger partial charge in [0.1, 0.15) is 0 Å². The molecule has 0 radical (unpaired) electrons. The minimum Gasteiger partial charge on any atom is -0.504 e. The molecule has 0 fully saturated rings. The number of hydrogen-bond donors (Lipinski definition) is 2. The number of benzene rings is 1. The van der Waals surface area contributed by atoms with E-state index in [-0.39, 0.29) is 28.4 Å². The molecule has 4 nitrogen and oxygen atoms in total. The van der Waals surface area contributed by atoms with Gasteiger partial charge in [0.2, 0.25) is 11.5 Å². The first-order valence-electron chi connectivity index (χ1n) is 7.99. The Morgan fingerprint density at radius 2 is 1.52 bits per heavy atom. The number of allylic oxidation sites excluding steroid dienone is 2. The number of aromatic hydroxyl groups is 2. The van der Waals surface area contributed by atoms with E-state index in [0.717, 1.165) is 12.8 Å². The van der Waals surface area contributed by atoms with E-state index in [1.807, 2.05) is 13.8 Å². The lowest BCUT2D eigenvalue weighted by Crippen LogP contribution is -2.18. The monoisotopic (exact) mass is 322 g/mol. The molecule has 0 aromatic heterocycles. The average molecular weight is 322 g/mol. The number of rotatable bonds is 7. The SMILES string of the molecule is COc1c(O)c(C)c(C(C)(C)C/C=C/CC(C)C)c(O)c1OC. The number of methoxy groups -OCH3 is 2. The van der Waals surface area contributed by atoms with Gasteiger partial charge in [-0.3, -0.25) is 0 Å². The van der Waals surface area contributed by atoms with Gasteiger partial charge in [-0.15, -0.1) is 0 Å². The molecule has 130 valence electrons. The van der Waals surface area contributed by atoms with Crippen LogP contribution in [0.5, 0.6) is 23.0 Å². The summed E-state index contributed by atoms with van der Waals surface area (Å²) in [5.41, 5.74) is 0.947. The maximum Gasteiger partial charge on any atom is 0.207 e. The van der Waals surface area contributed by atoms with Crippen LogP contribution in [0.4, 0.5) is 0 Å². The Morgan fingerprint density at radius 3 is 2.00 bits per heavy atom. The molecule has 0 aliphatic heterocycles. The zero-order chi connectivity index (χ0) is 17.8. The first-order chi connectivity index (χ1) is 10.7. The smallest absolute Gasteiger partial charge is 0.207 e. The van der Waals surface area contributed by atoms with Gasteiger partial charge in [0, 0.05) is 11.1 Å². The van der Waals surface area contributed by atoms with Crippen LogP contribution in [0, 0.1) is 12.8 Å². The third kappa shape index (κ3) is 4.12. The summed E-state index contributed by atoms with van der Waals surface area (Å²) in [7, 11) is 2.89. The zero-order valence-electron chi connectivity index (χ0n) is 15.4. The van der Waals surface area contributed by atoms with Gasteiger partial charge in [-0.1, -0.05) is 39.8 Å². The van der Waals surface area contributed by atoms with E-state index in [9.17, 15) is 10.2 Å². The molecule has 0 saturated carbocycles. The Balaban J connectivity index is 3.30. The summed E-state index contributed by atoms with van der Waals surface area (Å²) >= 11 is 0. The molecule has 0 spiro atoms. The average Bonchev–Trinajstić information content (AvgIpc) is 2.46. The van der Waals surface area contributed by atoms with E-state index in [1.54, 1.807) is 6.92 Å². The molecular formula is C19H30O4. The Kier molecular flexibility index (Phi) is 6.37. The Morgan fingerprint density at radius 1 is 1.00 bits per heavy atom. The normalized spacial score (nSPS) is 12.2. The predicted octanol–water partition coefficient (Wildman–Crippen LogP) is 4.69. The third-order valence-corrected chi connectivity index (χ3v) is 4.09. The van der Waals surface area contributed by atoms with E-state index in [4.69, 9.17) is 9.47 Å². The fourth-order valence-electron chi connectivity index (χ4n) is 2.85. The van der Waals surface area contributed by atoms with Crippen LogP contribution in [0.1, 0.15) is 51.7 Å². The highest BCUT2D eigenvalue weighted by Crippen LogP contribution is 2.52. The molecule has 1 aromatic carbocycles. The molecular weight excluding hydrogens is 292 g/mol. The second-order valence-electron chi connectivity index (χ2n) is 6.95. The van der Waals surface area contributed by atoms with Gasteiger partial charge < -0.3 is 19.7 Å². The van der Waals surface area contributed by atoms with Crippen molar-refractivity contribution < 1.29 is 19.7 Å². The number of hydrogen-bond acceptors (Lipinski definition) is 4. The maximum atomic E-state index is 10.6. The zero-order valence-corrected chi connectivity index (χ0v) is 15.4. The quantitative estimate of drug-likeness (QED) is 0.564. The van der Waals surface area contributed by atoms with Crippen molar-refractivity contribution in [1.82, 2.24) is 0 Å². The van der Waals surface area contributed by atoms with Crippen LogP contribution >= 0.6 is 0 Å². The van der Waals surface area contributed by atoms with Crippen molar-refractivity contribution in [1.29, 1.82) is 0 Å². The topological polar surface area (TPSA) is 58.9 Å². The first kappa shape index (κ1) is 19.2. The van der Waals surface area contributed by atoms with Crippen LogP contribution in [0.2, 0.25) is 0 Å². The van der Waals surface area contributed by atoms with Crippen LogP contribution in [-0.4, -0.2) is 24.4 Å². The second-order valence-corrected chi connectivity index (χ2v) is 6.95. The van der Waals surface area contributed by atoms with Gasteiger partial charge in [0.15, 0.2) is 11.5 Å². The molecule has 1 aromatic rings. The van der Waals surface area contributed by atoms with Crippen LogP contribution < -0.4 is 9.47 Å². The lowest BCUT2D eigenvalue weighted by atomic mass is 9.78. The molecule has 0 aliphatic carbocycles. The molecule has 0 heterocycles. The predicted molar refractivity (Wildman–Crippen MR) is 93.9 cm³/mol. The summed E-state index contributed by atoms with van der Waals surface area (Å²) in [5, 5.41) is 21.0. The minimum absolute atomic E-state index is 0.0105. The van der Waals surface area contributed by atoms with Crippen molar-refractivity contribution in [2.75, 3.05) is 14.2 Å². The van der Waals surface area contributed by atoms with E-state index in [2.05, 4.69) is 26.0 Å². The molecule has 0 saturated heterocycles. The van der Waals surface area contributed by atoms with Gasteiger partial charge in [0.05, 0.1) is 14.2 Å². The van der Waals surface area contributed by atoms with Gasteiger partial charge >= 0.3 is 0 Å². The lowest BCUT2D eigenvalue weighted by Gasteiger charge is -2.29. The van der Waals surface area contributed by atoms with Gasteiger partial charge in [-0.2, -0.15) is 0 Å². The summed E-state index contributed by atoms with van der Waals surface area (Å²) < 4.78 is 10.4. The van der Waals surface area contributed by atoms with E-state index in [0.29, 0.717) is 17.0 Å². The van der Waals surface area contributed by atoms with E-state index < -0.39 is 0 Å². The standard InChI is InChI=1S/C19H30O4/c1-12(2)10-8-9-11-19(4,5)14-13(3)15(20)17(22-6)18(23-7)16(14)21/h8-9,12,20-21H,10-11H2,1-7H3/b9-8+. The van der Waals surface area contributed by atoms with Gasteiger partial charge in [-0.25, -0.2) is 0 Å². The maximum absolute atomic E-state index is 10.6. The fourth-order valence-corrected chi connectivity index (χ4v) is 2.85. The highest BCUT2D eigenvalue weighted by molar-refractivity contribution is 5.67. The van der Waals surface area contributed by atoms with Crippen molar-refractivity contribution >= 4 is 0 Å². The second kappa shape index (κ2) is 7.62. The molecule has 0 atom stereocenters. The lowest BCUT2D eigenvalue weighted by molar-refractivity contribution is 0.309. The Hall–Kier alpha value is -1.84. The molecule has 2 N–H and O–H groups in total. The molecule has 23 heavy (non-hydrogen) atoms. The van der Waals surface area contributed by atoms with Crippen LogP contribution in [0.25, 0.3) is 0 Å². The van der Waals surface area contributed by atoms with Crippen molar-refractivity contribution in [3.05, 3.63) is 23.3 Å². The summed E-state index contributed by atoms with van der Waals surface area (Å²) in [5.74, 6) is 0.996. The Bertz CT molecular complexity index is 571. The summed E-state index contributed by atoms with van der Waals surface area (Å²) in [4.78, 5) is 0. The van der Waals surface area contributed by atoms with Gasteiger partial charge in [-0.05, 0) is 31.1 Å². The van der Waals surface area contributed by atoms with Crippen molar-refractivity contribution in [3.63, 3.8) is 0 Å². The van der Waals surface area contributed by atoms with Crippen molar-refractivity contribution in [2.45, 2.75) is 52.9 Å². The molecule has 0 unspecified atom stereocenters. The van der Waals surface area contributed by atoms with Gasteiger partial charge in [0.25, 0.3) is 0 Å². The van der Waals surface area contributed by atoms with Crippen molar-refractivity contribution in [2.24, 2.45) is 5.92 Å². The van der Waals surface area contributed by atoms with Crippen LogP contribution in [-0.2, 0) is 5.41 Å².